The van der Waals surface area contributed by atoms with Gasteiger partial charge in [0.2, 0.25) is 0 Å². The number of H-pyrrole nitrogens is 1. The van der Waals surface area contributed by atoms with Gasteiger partial charge in [0.1, 0.15) is 0 Å². The molecule has 9 unspecified atom stereocenters. The fourth-order valence-electron chi connectivity index (χ4n) is 5.57. The number of fused-ring (bicyclic) bond motifs is 5. The van der Waals surface area contributed by atoms with Crippen LogP contribution in [0.3, 0.4) is 0 Å². The van der Waals surface area contributed by atoms with E-state index in [-0.39, 0.29) is 34.1 Å². The van der Waals surface area contributed by atoms with Gasteiger partial charge in [0.15, 0.2) is 0 Å². The van der Waals surface area contributed by atoms with Crippen molar-refractivity contribution in [1.82, 2.24) is 39.0 Å². The third-order valence-corrected chi connectivity index (χ3v) is 10.6. The SMILES string of the molecule is BP1(=O)OCC2OC(n3cnc4c(=O)[nH]c(N)nc43)C(O[PH](O)(OC)OCC3OC(n4cnc5c(N)ncnc54)C(O)C3O1)C2O. The fraction of sp³-hybridized carbons (Fsp3) is 0.524. The number of hydrogen-bond acceptors (Lipinski definition) is 19. The zero-order chi connectivity index (χ0) is 32.5. The van der Waals surface area contributed by atoms with Crippen LogP contribution in [0.5, 0.6) is 0 Å². The zero-order valence-electron chi connectivity index (χ0n) is 24.0. The Morgan fingerprint density at radius 2 is 1.74 bits per heavy atom. The molecule has 9 atom stereocenters. The van der Waals surface area contributed by atoms with E-state index in [2.05, 4.69) is 29.9 Å². The van der Waals surface area contributed by atoms with Gasteiger partial charge in [0.25, 0.3) is 0 Å². The Kier molecular flexibility index (Phi) is 7.86. The Balaban J connectivity index is 1.22. The number of anilines is 2. The summed E-state index contributed by atoms with van der Waals surface area (Å²) in [5, 5.41) is 22.6. The molecule has 22 nitrogen and oxygen atoms in total. The minimum absolute atomic E-state index is 0.0101. The summed E-state index contributed by atoms with van der Waals surface area (Å²) >= 11 is 0. The number of ether oxygens (including phenoxy) is 2. The van der Waals surface area contributed by atoms with Gasteiger partial charge in [-0.15, -0.1) is 0 Å². The van der Waals surface area contributed by atoms with Gasteiger partial charge >= 0.3 is 258 Å². The van der Waals surface area contributed by atoms with E-state index in [0.29, 0.717) is 0 Å². The van der Waals surface area contributed by atoms with E-state index in [9.17, 15) is 24.5 Å². The van der Waals surface area contributed by atoms with Crippen LogP contribution in [0.15, 0.2) is 23.8 Å². The van der Waals surface area contributed by atoms with Crippen LogP contribution in [0, 0.1) is 0 Å². The molecule has 7 heterocycles. The molecule has 25 heteroatoms. The summed E-state index contributed by atoms with van der Waals surface area (Å²) < 4.78 is 56.7. The van der Waals surface area contributed by atoms with Crippen molar-refractivity contribution in [2.24, 2.45) is 0 Å². The van der Waals surface area contributed by atoms with E-state index in [1.807, 2.05) is 0 Å². The topological polar surface area (TPSA) is 302 Å². The second-order valence-electron chi connectivity index (χ2n) is 10.7. The molecule has 3 aliphatic rings. The molecule has 3 saturated heterocycles. The van der Waals surface area contributed by atoms with E-state index < -0.39 is 83.5 Å². The molecule has 0 aromatic carbocycles. The van der Waals surface area contributed by atoms with Gasteiger partial charge in [0.05, 0.1) is 0 Å². The molecule has 0 amide bonds. The van der Waals surface area contributed by atoms with E-state index in [1.165, 1.54) is 35.7 Å². The van der Waals surface area contributed by atoms with Gasteiger partial charge in [-0.2, -0.15) is 0 Å². The van der Waals surface area contributed by atoms with Crippen LogP contribution in [-0.4, -0.2) is 119 Å². The molecular formula is C21H29BN10O12P2. The summed E-state index contributed by atoms with van der Waals surface area (Å²) in [5.41, 5.74) is 11.4. The average Bonchev–Trinajstić information content (AvgIpc) is 3.77. The predicted molar refractivity (Wildman–Crippen MR) is 157 cm³/mol. The second-order valence-corrected chi connectivity index (χ2v) is 14.7. The predicted octanol–water partition coefficient (Wildman–Crippen LogP) is -2.75. The molecule has 4 aromatic heterocycles. The van der Waals surface area contributed by atoms with Gasteiger partial charge < -0.3 is 0 Å². The van der Waals surface area contributed by atoms with E-state index in [4.69, 9.17) is 43.6 Å². The van der Waals surface area contributed by atoms with Crippen molar-refractivity contribution in [3.8, 4) is 0 Å². The first-order chi connectivity index (χ1) is 21.9. The number of aromatic amines is 1. The molecule has 2 bridgehead atoms. The van der Waals surface area contributed by atoms with Crippen molar-refractivity contribution in [2.75, 3.05) is 31.8 Å². The molecule has 3 fully saturated rings. The van der Waals surface area contributed by atoms with Crippen molar-refractivity contribution in [1.29, 1.82) is 0 Å². The Labute approximate surface area is 258 Å². The first-order valence-corrected chi connectivity index (χ1v) is 17.4. The Bertz CT molecular complexity index is 1900. The summed E-state index contributed by atoms with van der Waals surface area (Å²) in [6.07, 6.45) is -6.90. The Morgan fingerprint density at radius 3 is 2.50 bits per heavy atom. The van der Waals surface area contributed by atoms with Crippen molar-refractivity contribution in [2.45, 2.75) is 49.1 Å². The van der Waals surface area contributed by atoms with Crippen LogP contribution in [-0.2, 0) is 36.7 Å². The number of nitrogen functional groups attached to an aromatic ring is 2. The maximum absolute atomic E-state index is 13.6. The second kappa shape index (κ2) is 11.5. The van der Waals surface area contributed by atoms with Crippen LogP contribution in [0.4, 0.5) is 11.8 Å². The summed E-state index contributed by atoms with van der Waals surface area (Å²) in [7, 11) is -6.40. The molecule has 7 rings (SSSR count). The molecular weight excluding hydrogens is 657 g/mol. The summed E-state index contributed by atoms with van der Waals surface area (Å²) in [4.78, 5) is 46.6. The average molecular weight is 686 g/mol. The molecule has 0 spiro atoms. The van der Waals surface area contributed by atoms with E-state index in [0.717, 1.165) is 7.11 Å². The molecule has 0 saturated carbocycles. The summed E-state index contributed by atoms with van der Waals surface area (Å²) in [6.45, 7) is -1.01. The molecule has 8 N–H and O–H groups in total. The standard InChI is InChI=1S/C21H29BN10O12P2/c1-38-46(37)40-3-8-13(12(34)19(42-8)31-5-27-9-15(23)25-4-26-16(9)31)43-45(22,36)39-2-7-11(33)14(44-46)20(41-7)32-6-28-10-17(32)29-21(24)30-18(10)35/h4-8,11-14,19-20,33-34,37,46H,2-3,22H2,1H3,(H2,23,25,26)(H3,24,29,30,35). The monoisotopic (exact) mass is 686 g/mol. The van der Waals surface area contributed by atoms with E-state index in [1.54, 1.807) is 0 Å². The van der Waals surface area contributed by atoms with Crippen LogP contribution in [0.2, 0.25) is 0 Å². The van der Waals surface area contributed by atoms with Crippen LogP contribution in [0.25, 0.3) is 22.3 Å². The Morgan fingerprint density at radius 1 is 1.02 bits per heavy atom. The number of imidazole rings is 2. The van der Waals surface area contributed by atoms with Gasteiger partial charge in [0, 0.05) is 0 Å². The normalized spacial score (nSPS) is 35.7. The third-order valence-electron chi connectivity index (χ3n) is 7.77. The molecule has 0 radical (unpaired) electrons. The zero-order valence-corrected chi connectivity index (χ0v) is 25.9. The van der Waals surface area contributed by atoms with Crippen molar-refractivity contribution < 1.29 is 51.8 Å². The fourth-order valence-corrected chi connectivity index (χ4v) is 8.00. The van der Waals surface area contributed by atoms with Crippen molar-refractivity contribution >= 4 is 57.3 Å². The van der Waals surface area contributed by atoms with Crippen LogP contribution >= 0.6 is 15.6 Å². The van der Waals surface area contributed by atoms with Crippen molar-refractivity contribution in [3.63, 3.8) is 0 Å². The number of nitrogens with two attached hydrogens (primary N) is 2. The number of aromatic nitrogens is 8. The number of rotatable bonds is 3. The van der Waals surface area contributed by atoms with Crippen molar-refractivity contribution in [3.05, 3.63) is 29.3 Å². The number of hydrogen-bond donors (Lipinski definition) is 6. The Hall–Kier alpha value is -3.18. The van der Waals surface area contributed by atoms with Gasteiger partial charge in [-0.25, -0.2) is 0 Å². The van der Waals surface area contributed by atoms with Crippen LogP contribution in [0.1, 0.15) is 12.5 Å². The quantitative estimate of drug-likeness (QED) is 0.0940. The summed E-state index contributed by atoms with van der Waals surface area (Å²) in [5.74, 6) is -0.107. The van der Waals surface area contributed by atoms with Gasteiger partial charge in [-0.3, -0.25) is 0 Å². The maximum atomic E-state index is 13.6. The first-order valence-electron chi connectivity index (χ1n) is 13.7. The molecule has 248 valence electrons. The number of aliphatic hydroxyl groups excluding tert-OH is 2. The van der Waals surface area contributed by atoms with Crippen LogP contribution < -0.4 is 17.0 Å². The number of nitrogens with zero attached hydrogens (tertiary/aromatic N) is 7. The van der Waals surface area contributed by atoms with Gasteiger partial charge in [-0.05, 0) is 0 Å². The first kappa shape index (κ1) is 31.4. The molecule has 4 aromatic rings. The number of nitrogens with one attached hydrogen (secondary N) is 1. The molecule has 0 aliphatic carbocycles. The molecule has 46 heavy (non-hydrogen) atoms. The third kappa shape index (κ3) is 5.37. The van der Waals surface area contributed by atoms with E-state index >= 15 is 0 Å². The van der Waals surface area contributed by atoms with Gasteiger partial charge in [-0.1, -0.05) is 0 Å². The summed E-state index contributed by atoms with van der Waals surface area (Å²) in [6, 6.07) is 0. The molecule has 3 aliphatic heterocycles. The minimum atomic E-state index is -4.67. The number of aliphatic hydroxyl groups is 2.